The Morgan fingerprint density at radius 1 is 0.360 bits per heavy atom. The molecule has 0 N–H and O–H groups in total. The molecule has 0 radical (unpaired) electrons. The van der Waals surface area contributed by atoms with Crippen molar-refractivity contribution in [3.63, 3.8) is 0 Å². The molecule has 0 atom stereocenters. The minimum atomic E-state index is -0.0183. The van der Waals surface area contributed by atoms with Gasteiger partial charge in [-0.05, 0) is 119 Å². The molecule has 1 nitrogen and oxygen atoms in total. The van der Waals surface area contributed by atoms with Crippen LogP contribution in [-0.4, -0.2) is 0 Å². The minimum absolute atomic E-state index is 0.0183. The Morgan fingerprint density at radius 3 is 1.50 bits per heavy atom. The fourth-order valence-electron chi connectivity index (χ4n) is 10.1. The predicted octanol–water partition coefficient (Wildman–Crippen LogP) is 13.3. The standard InChI is InChI=1S/C48H35NS/c1-2-12-32(13-3-1)49(33-23-25-46-40(30-33)39-17-7-11-21-45(39)50-46)34-22-24-38-37-16-6-10-20-43(37)48(44(38)31-34)28-26-47(27-29-48)41-18-8-4-14-35(41)36-15-5-9-19-42(36)47/h1-25,30-31H,26-29H2. The second kappa shape index (κ2) is 10.5. The molecule has 0 saturated heterocycles. The van der Waals surface area contributed by atoms with Gasteiger partial charge in [0.2, 0.25) is 0 Å². The lowest BCUT2D eigenvalue weighted by Gasteiger charge is -2.45. The maximum atomic E-state index is 2.55. The van der Waals surface area contributed by atoms with Crippen LogP contribution in [0.4, 0.5) is 17.1 Å². The summed E-state index contributed by atoms with van der Waals surface area (Å²) in [5.74, 6) is 0. The molecule has 0 bridgehead atoms. The molecule has 0 unspecified atom stereocenters. The number of hydrogen-bond acceptors (Lipinski definition) is 2. The summed E-state index contributed by atoms with van der Waals surface area (Å²) in [4.78, 5) is 2.47. The Bertz CT molecular complexity index is 2570. The highest BCUT2D eigenvalue weighted by atomic mass is 32.1. The second-order valence-corrected chi connectivity index (χ2v) is 15.6. The SMILES string of the molecule is c1ccc(N(c2ccc3c(c2)C2(CCC4(CC2)c2ccccc2-c2ccccc24)c2ccccc2-3)c2ccc3sc4ccccc4c3c2)cc1. The molecule has 3 aliphatic carbocycles. The van der Waals surface area contributed by atoms with Crippen LogP contribution < -0.4 is 4.90 Å². The summed E-state index contributed by atoms with van der Waals surface area (Å²) < 4.78 is 2.67. The Balaban J connectivity index is 1.07. The van der Waals surface area contributed by atoms with Crippen molar-refractivity contribution in [3.8, 4) is 22.3 Å². The Hall–Kier alpha value is -5.44. The third-order valence-corrected chi connectivity index (χ3v) is 13.4. The van der Waals surface area contributed by atoms with Gasteiger partial charge in [0.1, 0.15) is 0 Å². The number of rotatable bonds is 3. The van der Waals surface area contributed by atoms with Gasteiger partial charge in [-0.1, -0.05) is 115 Å². The van der Waals surface area contributed by atoms with Crippen molar-refractivity contribution in [1.82, 2.24) is 0 Å². The van der Waals surface area contributed by atoms with E-state index in [1.807, 2.05) is 11.3 Å². The average molecular weight is 658 g/mol. The zero-order chi connectivity index (χ0) is 32.9. The number of thiophene rings is 1. The van der Waals surface area contributed by atoms with Crippen molar-refractivity contribution in [2.75, 3.05) is 4.90 Å². The minimum Gasteiger partial charge on any atom is -0.310 e. The van der Waals surface area contributed by atoms with Crippen LogP contribution in [0.15, 0.2) is 164 Å². The molecule has 3 aliphatic rings. The van der Waals surface area contributed by atoms with Crippen molar-refractivity contribution < 1.29 is 0 Å². The normalized spacial score (nSPS) is 16.0. The van der Waals surface area contributed by atoms with Crippen LogP contribution in [0.1, 0.15) is 47.9 Å². The zero-order valence-corrected chi connectivity index (χ0v) is 28.6. The van der Waals surface area contributed by atoms with E-state index in [0.717, 1.165) is 25.7 Å². The first-order valence-corrected chi connectivity index (χ1v) is 18.8. The summed E-state index contributed by atoms with van der Waals surface area (Å²) in [6, 6.07) is 61.7. The molecule has 2 heteroatoms. The molecule has 1 saturated carbocycles. The first-order valence-electron chi connectivity index (χ1n) is 17.9. The van der Waals surface area contributed by atoms with E-state index < -0.39 is 0 Å². The molecule has 1 fully saturated rings. The molecule has 2 spiro atoms. The molecule has 238 valence electrons. The van der Waals surface area contributed by atoms with E-state index in [-0.39, 0.29) is 10.8 Å². The van der Waals surface area contributed by atoms with Crippen LogP contribution >= 0.6 is 11.3 Å². The van der Waals surface area contributed by atoms with Gasteiger partial charge in [-0.25, -0.2) is 0 Å². The highest BCUT2D eigenvalue weighted by Crippen LogP contribution is 2.64. The molecule has 50 heavy (non-hydrogen) atoms. The first kappa shape index (κ1) is 28.4. The summed E-state index contributed by atoms with van der Waals surface area (Å²) >= 11 is 1.88. The van der Waals surface area contributed by atoms with Gasteiger partial charge in [0.25, 0.3) is 0 Å². The molecule has 7 aromatic carbocycles. The average Bonchev–Trinajstić information content (AvgIpc) is 3.78. The number of para-hydroxylation sites is 1. The summed E-state index contributed by atoms with van der Waals surface area (Å²) in [6.07, 6.45) is 4.54. The maximum absolute atomic E-state index is 2.55. The quantitative estimate of drug-likeness (QED) is 0.183. The van der Waals surface area contributed by atoms with Crippen LogP contribution in [0.25, 0.3) is 42.4 Å². The third kappa shape index (κ3) is 3.83. The van der Waals surface area contributed by atoms with Crippen LogP contribution in [0.3, 0.4) is 0 Å². The van der Waals surface area contributed by atoms with Crippen LogP contribution in [0, 0.1) is 0 Å². The number of benzene rings is 7. The van der Waals surface area contributed by atoms with Crippen molar-refractivity contribution >= 4 is 48.6 Å². The zero-order valence-electron chi connectivity index (χ0n) is 27.8. The molecular formula is C48H35NS. The molecule has 1 aromatic heterocycles. The Labute approximate surface area is 297 Å². The van der Waals surface area contributed by atoms with Gasteiger partial charge in [-0.2, -0.15) is 0 Å². The van der Waals surface area contributed by atoms with Gasteiger partial charge < -0.3 is 4.90 Å². The fourth-order valence-corrected chi connectivity index (χ4v) is 11.1. The predicted molar refractivity (Wildman–Crippen MR) is 211 cm³/mol. The van der Waals surface area contributed by atoms with Crippen molar-refractivity contribution in [1.29, 1.82) is 0 Å². The van der Waals surface area contributed by atoms with Gasteiger partial charge in [0.05, 0.1) is 0 Å². The summed E-state index contributed by atoms with van der Waals surface area (Å²) in [6.45, 7) is 0. The van der Waals surface area contributed by atoms with Crippen molar-refractivity contribution in [2.45, 2.75) is 36.5 Å². The number of hydrogen-bond donors (Lipinski definition) is 0. The smallest absolute Gasteiger partial charge is 0.0468 e. The third-order valence-electron chi connectivity index (χ3n) is 12.3. The van der Waals surface area contributed by atoms with E-state index in [9.17, 15) is 0 Å². The highest BCUT2D eigenvalue weighted by molar-refractivity contribution is 7.25. The summed E-state index contributed by atoms with van der Waals surface area (Å²) in [7, 11) is 0. The van der Waals surface area contributed by atoms with E-state index >= 15 is 0 Å². The Morgan fingerprint density at radius 2 is 0.840 bits per heavy atom. The van der Waals surface area contributed by atoms with E-state index in [0.29, 0.717) is 0 Å². The van der Waals surface area contributed by atoms with E-state index in [4.69, 9.17) is 0 Å². The molecular weight excluding hydrogens is 623 g/mol. The summed E-state index contributed by atoms with van der Waals surface area (Å²) in [5, 5.41) is 2.65. The molecule has 0 aliphatic heterocycles. The van der Waals surface area contributed by atoms with E-state index in [2.05, 4.69) is 169 Å². The lowest BCUT2D eigenvalue weighted by molar-refractivity contribution is 0.265. The fraction of sp³-hybridized carbons (Fsp3) is 0.125. The second-order valence-electron chi connectivity index (χ2n) is 14.5. The topological polar surface area (TPSA) is 3.24 Å². The lowest BCUT2D eigenvalue weighted by atomic mass is 9.57. The lowest BCUT2D eigenvalue weighted by Crippen LogP contribution is -2.39. The van der Waals surface area contributed by atoms with E-state index in [1.54, 1.807) is 0 Å². The first-order chi connectivity index (χ1) is 24.7. The van der Waals surface area contributed by atoms with Crippen molar-refractivity contribution in [2.24, 2.45) is 0 Å². The van der Waals surface area contributed by atoms with Gasteiger partial charge in [0, 0.05) is 48.1 Å². The van der Waals surface area contributed by atoms with Gasteiger partial charge in [0.15, 0.2) is 0 Å². The largest absolute Gasteiger partial charge is 0.310 e. The van der Waals surface area contributed by atoms with E-state index in [1.165, 1.54) is 81.7 Å². The molecule has 11 rings (SSSR count). The molecule has 0 amide bonds. The van der Waals surface area contributed by atoms with Gasteiger partial charge >= 0.3 is 0 Å². The summed E-state index contributed by atoms with van der Waals surface area (Å²) in [5.41, 5.74) is 15.4. The van der Waals surface area contributed by atoms with Crippen LogP contribution in [0.2, 0.25) is 0 Å². The Kier molecular flexibility index (Phi) is 5.98. The monoisotopic (exact) mass is 657 g/mol. The maximum Gasteiger partial charge on any atom is 0.0468 e. The van der Waals surface area contributed by atoms with Crippen LogP contribution in [-0.2, 0) is 10.8 Å². The number of nitrogens with zero attached hydrogens (tertiary/aromatic N) is 1. The highest BCUT2D eigenvalue weighted by Gasteiger charge is 2.53. The molecule has 8 aromatic rings. The van der Waals surface area contributed by atoms with Gasteiger partial charge in [-0.15, -0.1) is 11.3 Å². The van der Waals surface area contributed by atoms with Gasteiger partial charge in [-0.3, -0.25) is 0 Å². The molecule has 1 heterocycles. The number of fused-ring (bicyclic) bond motifs is 13. The number of anilines is 3. The van der Waals surface area contributed by atoms with Crippen LogP contribution in [0.5, 0.6) is 0 Å². The van der Waals surface area contributed by atoms with Crippen molar-refractivity contribution in [3.05, 3.63) is 186 Å².